The smallest absolute Gasteiger partial charge is 0.305 e. The second-order valence-electron chi connectivity index (χ2n) is 3.99. The lowest BCUT2D eigenvalue weighted by molar-refractivity contribution is -0.140. The number of methoxy groups -OCH3 is 1. The fraction of sp³-hybridized carbons (Fsp3) is 0.818. The maximum absolute atomic E-state index is 11.5. The highest BCUT2D eigenvalue weighted by Gasteiger charge is 2.29. The summed E-state index contributed by atoms with van der Waals surface area (Å²) in [4.78, 5) is 24.6. The third-order valence-corrected chi connectivity index (χ3v) is 2.97. The summed E-state index contributed by atoms with van der Waals surface area (Å²) in [6.45, 7) is 1.73. The summed E-state index contributed by atoms with van der Waals surface area (Å²) < 4.78 is 4.57. The van der Waals surface area contributed by atoms with E-state index in [0.29, 0.717) is 6.42 Å². The first-order valence-corrected chi connectivity index (χ1v) is 5.71. The molecule has 1 saturated heterocycles. The Morgan fingerprint density at radius 1 is 1.50 bits per heavy atom. The van der Waals surface area contributed by atoms with Gasteiger partial charge in [0.25, 0.3) is 0 Å². The van der Waals surface area contributed by atoms with Crippen molar-refractivity contribution >= 4 is 11.9 Å². The standard InChI is InChI=1S/C11H20N2O3/c1-12-11(15)9-5-3-7-13(9)8-4-6-10(14)16-2/h9H,3-8H2,1-2H3,(H,12,15). The van der Waals surface area contributed by atoms with E-state index in [0.717, 1.165) is 32.4 Å². The molecule has 92 valence electrons. The number of nitrogens with zero attached hydrogens (tertiary/aromatic N) is 1. The Morgan fingerprint density at radius 3 is 2.88 bits per heavy atom. The van der Waals surface area contributed by atoms with Crippen LogP contribution < -0.4 is 5.32 Å². The summed E-state index contributed by atoms with van der Waals surface area (Å²) in [7, 11) is 3.05. The van der Waals surface area contributed by atoms with E-state index in [1.54, 1.807) is 7.05 Å². The van der Waals surface area contributed by atoms with Crippen LogP contribution in [0.1, 0.15) is 25.7 Å². The van der Waals surface area contributed by atoms with Gasteiger partial charge in [-0.3, -0.25) is 14.5 Å². The average Bonchev–Trinajstić information content (AvgIpc) is 2.76. The lowest BCUT2D eigenvalue weighted by Crippen LogP contribution is -2.42. The first-order chi connectivity index (χ1) is 7.69. The SMILES string of the molecule is CNC(=O)C1CCCN1CCCC(=O)OC. The van der Waals surface area contributed by atoms with Crippen LogP contribution in [0.4, 0.5) is 0 Å². The van der Waals surface area contributed by atoms with Crippen molar-refractivity contribution in [1.29, 1.82) is 0 Å². The lowest BCUT2D eigenvalue weighted by atomic mass is 10.2. The van der Waals surface area contributed by atoms with Gasteiger partial charge in [0.2, 0.25) is 5.91 Å². The van der Waals surface area contributed by atoms with E-state index in [9.17, 15) is 9.59 Å². The van der Waals surface area contributed by atoms with Crippen molar-refractivity contribution in [1.82, 2.24) is 10.2 Å². The van der Waals surface area contributed by atoms with Crippen molar-refractivity contribution in [3.05, 3.63) is 0 Å². The van der Waals surface area contributed by atoms with Gasteiger partial charge < -0.3 is 10.1 Å². The number of hydrogen-bond donors (Lipinski definition) is 1. The molecule has 1 atom stereocenters. The van der Waals surface area contributed by atoms with Crippen LogP contribution >= 0.6 is 0 Å². The third-order valence-electron chi connectivity index (χ3n) is 2.97. The summed E-state index contributed by atoms with van der Waals surface area (Å²) >= 11 is 0. The molecule has 0 aromatic carbocycles. The van der Waals surface area contributed by atoms with Crippen molar-refractivity contribution in [2.45, 2.75) is 31.7 Å². The van der Waals surface area contributed by atoms with E-state index in [1.807, 2.05) is 0 Å². The van der Waals surface area contributed by atoms with Gasteiger partial charge in [0.05, 0.1) is 13.2 Å². The Kier molecular flexibility index (Phi) is 5.25. The van der Waals surface area contributed by atoms with E-state index in [1.165, 1.54) is 7.11 Å². The van der Waals surface area contributed by atoms with Crippen LogP contribution in [-0.4, -0.2) is 50.1 Å². The van der Waals surface area contributed by atoms with Gasteiger partial charge in [-0.05, 0) is 32.4 Å². The summed E-state index contributed by atoms with van der Waals surface area (Å²) in [6.07, 6.45) is 3.14. The molecule has 1 aliphatic rings. The van der Waals surface area contributed by atoms with E-state index in [4.69, 9.17) is 0 Å². The molecule has 1 N–H and O–H groups in total. The fourth-order valence-corrected chi connectivity index (χ4v) is 2.09. The molecule has 1 aliphatic heterocycles. The number of likely N-dealkylation sites (tertiary alicyclic amines) is 1. The van der Waals surface area contributed by atoms with Gasteiger partial charge in [-0.15, -0.1) is 0 Å². The van der Waals surface area contributed by atoms with Gasteiger partial charge >= 0.3 is 5.97 Å². The second kappa shape index (κ2) is 6.48. The zero-order valence-corrected chi connectivity index (χ0v) is 9.99. The van der Waals surface area contributed by atoms with Crippen molar-refractivity contribution in [2.24, 2.45) is 0 Å². The van der Waals surface area contributed by atoms with Gasteiger partial charge in [0.15, 0.2) is 0 Å². The summed E-state index contributed by atoms with van der Waals surface area (Å²) in [5.74, 6) is -0.105. The van der Waals surface area contributed by atoms with E-state index < -0.39 is 0 Å². The third kappa shape index (κ3) is 3.48. The number of carbonyl (C=O) groups excluding carboxylic acids is 2. The Hall–Kier alpha value is -1.10. The first kappa shape index (κ1) is 13.0. The van der Waals surface area contributed by atoms with E-state index in [2.05, 4.69) is 15.0 Å². The zero-order valence-electron chi connectivity index (χ0n) is 9.99. The van der Waals surface area contributed by atoms with Crippen LogP contribution in [0.15, 0.2) is 0 Å². The molecule has 0 aromatic heterocycles. The van der Waals surface area contributed by atoms with Crippen molar-refractivity contribution in [3.63, 3.8) is 0 Å². The highest BCUT2D eigenvalue weighted by molar-refractivity contribution is 5.81. The minimum absolute atomic E-state index is 0.0114. The monoisotopic (exact) mass is 228 g/mol. The van der Waals surface area contributed by atoms with Crippen molar-refractivity contribution < 1.29 is 14.3 Å². The second-order valence-corrected chi connectivity index (χ2v) is 3.99. The largest absolute Gasteiger partial charge is 0.469 e. The predicted molar refractivity (Wildman–Crippen MR) is 59.9 cm³/mol. The maximum atomic E-state index is 11.5. The van der Waals surface area contributed by atoms with Crippen LogP contribution in [0.25, 0.3) is 0 Å². The Morgan fingerprint density at radius 2 is 2.25 bits per heavy atom. The summed E-state index contributed by atoms with van der Waals surface area (Å²) in [6, 6.07) is -0.0114. The van der Waals surface area contributed by atoms with Crippen LogP contribution in [0.5, 0.6) is 0 Å². The van der Waals surface area contributed by atoms with E-state index >= 15 is 0 Å². The van der Waals surface area contributed by atoms with Crippen LogP contribution in [0, 0.1) is 0 Å². The Bertz CT molecular complexity index is 256. The van der Waals surface area contributed by atoms with Crippen LogP contribution in [-0.2, 0) is 14.3 Å². The van der Waals surface area contributed by atoms with Gasteiger partial charge in [-0.1, -0.05) is 0 Å². The number of hydrogen-bond acceptors (Lipinski definition) is 4. The van der Waals surface area contributed by atoms with Gasteiger partial charge in [0.1, 0.15) is 0 Å². The number of esters is 1. The number of amides is 1. The molecule has 1 heterocycles. The zero-order chi connectivity index (χ0) is 12.0. The first-order valence-electron chi connectivity index (χ1n) is 5.71. The molecule has 5 nitrogen and oxygen atoms in total. The normalized spacial score (nSPS) is 20.8. The summed E-state index contributed by atoms with van der Waals surface area (Å²) in [5.41, 5.74) is 0. The number of carbonyl (C=O) groups is 2. The van der Waals surface area contributed by atoms with E-state index in [-0.39, 0.29) is 17.9 Å². The maximum Gasteiger partial charge on any atom is 0.305 e. The Labute approximate surface area is 96.1 Å². The highest BCUT2D eigenvalue weighted by atomic mass is 16.5. The number of likely N-dealkylation sites (N-methyl/N-ethyl adjacent to an activating group) is 1. The van der Waals surface area contributed by atoms with Crippen molar-refractivity contribution in [3.8, 4) is 0 Å². The molecule has 0 aliphatic carbocycles. The van der Waals surface area contributed by atoms with Crippen LogP contribution in [0.3, 0.4) is 0 Å². The minimum Gasteiger partial charge on any atom is -0.469 e. The number of rotatable bonds is 5. The minimum atomic E-state index is -0.185. The molecule has 5 heteroatoms. The fourth-order valence-electron chi connectivity index (χ4n) is 2.09. The molecule has 0 radical (unpaired) electrons. The average molecular weight is 228 g/mol. The van der Waals surface area contributed by atoms with Crippen molar-refractivity contribution in [2.75, 3.05) is 27.2 Å². The van der Waals surface area contributed by atoms with Crippen LogP contribution in [0.2, 0.25) is 0 Å². The molecular weight excluding hydrogens is 208 g/mol. The lowest BCUT2D eigenvalue weighted by Gasteiger charge is -2.22. The van der Waals surface area contributed by atoms with Gasteiger partial charge in [0, 0.05) is 13.5 Å². The molecule has 0 spiro atoms. The molecular formula is C11H20N2O3. The molecule has 16 heavy (non-hydrogen) atoms. The number of nitrogens with one attached hydrogen (secondary N) is 1. The predicted octanol–water partition coefficient (Wildman–Crippen LogP) is 0.150. The molecule has 1 fully saturated rings. The molecule has 0 aromatic rings. The number of ether oxygens (including phenoxy) is 1. The van der Waals surface area contributed by atoms with Gasteiger partial charge in [-0.25, -0.2) is 0 Å². The quantitative estimate of drug-likeness (QED) is 0.680. The van der Waals surface area contributed by atoms with Gasteiger partial charge in [-0.2, -0.15) is 0 Å². The molecule has 1 amide bonds. The molecule has 1 unspecified atom stereocenters. The molecule has 1 rings (SSSR count). The molecule has 0 saturated carbocycles. The topological polar surface area (TPSA) is 58.6 Å². The summed E-state index contributed by atoms with van der Waals surface area (Å²) in [5, 5.41) is 2.68. The molecule has 0 bridgehead atoms. The Balaban J connectivity index is 2.30. The highest BCUT2D eigenvalue weighted by Crippen LogP contribution is 2.17.